The van der Waals surface area contributed by atoms with E-state index in [1.807, 2.05) is 49.1 Å². The average molecular weight is 490 g/mol. The molecule has 0 spiro atoms. The van der Waals surface area contributed by atoms with Crippen molar-refractivity contribution >= 4 is 11.9 Å². The lowest BCUT2D eigenvalue weighted by atomic mass is 9.80. The van der Waals surface area contributed by atoms with Crippen LogP contribution in [0.5, 0.6) is 0 Å². The number of methoxy groups -OCH3 is 1. The van der Waals surface area contributed by atoms with Gasteiger partial charge in [-0.05, 0) is 36.7 Å². The summed E-state index contributed by atoms with van der Waals surface area (Å²) in [7, 11) is 1.62. The molecule has 3 amide bonds. The summed E-state index contributed by atoms with van der Waals surface area (Å²) < 4.78 is 11.0. The molecule has 0 aromatic heterocycles. The number of hydrogen-bond acceptors (Lipinski definition) is 5. The van der Waals surface area contributed by atoms with Gasteiger partial charge in [0, 0.05) is 58.3 Å². The van der Waals surface area contributed by atoms with Crippen molar-refractivity contribution in [2.75, 3.05) is 53.1 Å². The van der Waals surface area contributed by atoms with Gasteiger partial charge in [-0.3, -0.25) is 4.79 Å². The first kappa shape index (κ1) is 27.4. The average Bonchev–Trinajstić information content (AvgIpc) is 2.84. The lowest BCUT2D eigenvalue weighted by Crippen LogP contribution is -2.50. The number of benzene rings is 1. The summed E-state index contributed by atoms with van der Waals surface area (Å²) in [5.74, 6) is 0.508. The maximum Gasteiger partial charge on any atom is 0.317 e. The van der Waals surface area contributed by atoms with E-state index in [0.717, 1.165) is 24.8 Å². The standard InChI is InChI=1S/C27H43N3O5/c1-27(2)20-35-14-7-10-23-18-29(26(33)28-12-15-34-3)13-11-22(23)16-25(32)30(19-24(27)31)17-21-8-5-4-6-9-21/h4-6,8-9,22-24,31H,7,10-20H2,1-3H3,(H,28,33)/t22-,23-,24-/m0/s1. The maximum absolute atomic E-state index is 13.6. The second kappa shape index (κ2) is 13.2. The van der Waals surface area contributed by atoms with Crippen molar-refractivity contribution in [1.82, 2.24) is 15.1 Å². The molecule has 0 saturated carbocycles. The third-order valence-electron chi connectivity index (χ3n) is 7.40. The van der Waals surface area contributed by atoms with Crippen molar-refractivity contribution in [2.45, 2.75) is 52.2 Å². The number of likely N-dealkylation sites (tertiary alicyclic amines) is 1. The smallest absolute Gasteiger partial charge is 0.317 e. The van der Waals surface area contributed by atoms with Crippen LogP contribution >= 0.6 is 0 Å². The van der Waals surface area contributed by atoms with Gasteiger partial charge in [-0.2, -0.15) is 0 Å². The molecule has 2 N–H and O–H groups in total. The number of carbonyl (C=O) groups excluding carboxylic acids is 2. The predicted molar refractivity (Wildman–Crippen MR) is 135 cm³/mol. The molecule has 2 aliphatic heterocycles. The van der Waals surface area contributed by atoms with Crippen LogP contribution in [0.15, 0.2) is 30.3 Å². The van der Waals surface area contributed by atoms with Crippen LogP contribution in [0.4, 0.5) is 4.79 Å². The highest BCUT2D eigenvalue weighted by Gasteiger charge is 2.36. The van der Waals surface area contributed by atoms with Gasteiger partial charge < -0.3 is 29.7 Å². The molecule has 0 unspecified atom stereocenters. The van der Waals surface area contributed by atoms with E-state index in [1.165, 1.54) is 0 Å². The molecular formula is C27H43N3O5. The van der Waals surface area contributed by atoms with Crippen LogP contribution < -0.4 is 5.32 Å². The Labute approximate surface area is 209 Å². The van der Waals surface area contributed by atoms with E-state index in [4.69, 9.17) is 9.47 Å². The number of ether oxygens (including phenoxy) is 2. The van der Waals surface area contributed by atoms with Crippen LogP contribution in [-0.4, -0.2) is 86.1 Å². The van der Waals surface area contributed by atoms with Gasteiger partial charge in [-0.15, -0.1) is 0 Å². The first-order valence-corrected chi connectivity index (χ1v) is 12.9. The summed E-state index contributed by atoms with van der Waals surface area (Å²) in [6.07, 6.45) is 2.31. The molecule has 2 aliphatic rings. The number of amides is 3. The Morgan fingerprint density at radius 1 is 1.20 bits per heavy atom. The van der Waals surface area contributed by atoms with Crippen LogP contribution in [-0.2, 0) is 20.8 Å². The predicted octanol–water partition coefficient (Wildman–Crippen LogP) is 2.90. The van der Waals surface area contributed by atoms with Gasteiger partial charge in [0.1, 0.15) is 0 Å². The van der Waals surface area contributed by atoms with Crippen molar-refractivity contribution in [2.24, 2.45) is 17.3 Å². The summed E-state index contributed by atoms with van der Waals surface area (Å²) in [4.78, 5) is 29.9. The molecule has 1 aromatic rings. The van der Waals surface area contributed by atoms with Crippen LogP contribution in [0.25, 0.3) is 0 Å². The number of nitrogens with one attached hydrogen (secondary N) is 1. The highest BCUT2D eigenvalue weighted by atomic mass is 16.5. The third-order valence-corrected chi connectivity index (χ3v) is 7.40. The Morgan fingerprint density at radius 3 is 2.71 bits per heavy atom. The monoisotopic (exact) mass is 489 g/mol. The van der Waals surface area contributed by atoms with Gasteiger partial charge in [0.15, 0.2) is 0 Å². The fraction of sp³-hybridized carbons (Fsp3) is 0.704. The summed E-state index contributed by atoms with van der Waals surface area (Å²) >= 11 is 0. The van der Waals surface area contributed by atoms with E-state index < -0.39 is 11.5 Å². The number of aliphatic hydroxyl groups excluding tert-OH is 1. The first-order valence-electron chi connectivity index (χ1n) is 12.9. The summed E-state index contributed by atoms with van der Waals surface area (Å²) in [5, 5.41) is 14.0. The highest BCUT2D eigenvalue weighted by Crippen LogP contribution is 2.32. The lowest BCUT2D eigenvalue weighted by molar-refractivity contribution is -0.137. The number of hydrogen-bond donors (Lipinski definition) is 2. The van der Waals surface area contributed by atoms with E-state index in [1.54, 1.807) is 12.0 Å². The number of piperidine rings is 1. The van der Waals surface area contributed by atoms with Crippen molar-refractivity contribution in [3.8, 4) is 0 Å². The molecule has 2 fully saturated rings. The van der Waals surface area contributed by atoms with E-state index in [9.17, 15) is 14.7 Å². The minimum Gasteiger partial charge on any atom is -0.391 e. The first-order chi connectivity index (χ1) is 16.8. The number of β-amino-alcohol motifs (C(OH)–C–C–N with tert-alkyl or cyclic N) is 1. The van der Waals surface area contributed by atoms with Gasteiger partial charge >= 0.3 is 6.03 Å². The largest absolute Gasteiger partial charge is 0.391 e. The van der Waals surface area contributed by atoms with Crippen molar-refractivity contribution < 1.29 is 24.2 Å². The fourth-order valence-electron chi connectivity index (χ4n) is 4.98. The zero-order valence-corrected chi connectivity index (χ0v) is 21.6. The van der Waals surface area contributed by atoms with Crippen LogP contribution in [0, 0.1) is 17.3 Å². The molecule has 8 heteroatoms. The van der Waals surface area contributed by atoms with Crippen LogP contribution in [0.3, 0.4) is 0 Å². The number of nitrogens with zero attached hydrogens (tertiary/aromatic N) is 2. The molecular weight excluding hydrogens is 446 g/mol. The Balaban J connectivity index is 1.74. The molecule has 3 rings (SSSR count). The molecule has 8 nitrogen and oxygen atoms in total. The molecule has 0 aliphatic carbocycles. The molecule has 3 atom stereocenters. The second-order valence-corrected chi connectivity index (χ2v) is 10.6. The van der Waals surface area contributed by atoms with Crippen molar-refractivity contribution in [3.63, 3.8) is 0 Å². The molecule has 0 radical (unpaired) electrons. The highest BCUT2D eigenvalue weighted by molar-refractivity contribution is 5.77. The summed E-state index contributed by atoms with van der Waals surface area (Å²) in [5.41, 5.74) is 0.582. The van der Waals surface area contributed by atoms with Crippen molar-refractivity contribution in [1.29, 1.82) is 0 Å². The van der Waals surface area contributed by atoms with Gasteiger partial charge in [0.05, 0.1) is 19.3 Å². The zero-order valence-electron chi connectivity index (χ0n) is 21.6. The summed E-state index contributed by atoms with van der Waals surface area (Å²) in [6, 6.07) is 9.86. The third kappa shape index (κ3) is 8.19. The fourth-order valence-corrected chi connectivity index (χ4v) is 4.98. The Morgan fingerprint density at radius 2 is 1.97 bits per heavy atom. The van der Waals surface area contributed by atoms with Crippen LogP contribution in [0.2, 0.25) is 0 Å². The quantitative estimate of drug-likeness (QED) is 0.621. The number of urea groups is 1. The lowest BCUT2D eigenvalue weighted by Gasteiger charge is -2.39. The van der Waals surface area contributed by atoms with Crippen molar-refractivity contribution in [3.05, 3.63) is 35.9 Å². The second-order valence-electron chi connectivity index (χ2n) is 10.6. The zero-order chi connectivity index (χ0) is 25.3. The van der Waals surface area contributed by atoms with E-state index in [2.05, 4.69) is 5.32 Å². The Bertz CT molecular complexity index is 803. The molecule has 196 valence electrons. The Kier molecular flexibility index (Phi) is 10.4. The molecule has 2 heterocycles. The maximum atomic E-state index is 13.6. The number of rotatable bonds is 5. The molecule has 2 saturated heterocycles. The number of aliphatic hydroxyl groups is 1. The van der Waals surface area contributed by atoms with Crippen LogP contribution in [0.1, 0.15) is 45.1 Å². The topological polar surface area (TPSA) is 91.3 Å². The molecule has 1 aromatic carbocycles. The van der Waals surface area contributed by atoms with E-state index >= 15 is 0 Å². The molecule has 0 bridgehead atoms. The van der Waals surface area contributed by atoms with E-state index in [0.29, 0.717) is 52.4 Å². The van der Waals surface area contributed by atoms with Gasteiger partial charge in [0.2, 0.25) is 5.91 Å². The van der Waals surface area contributed by atoms with Gasteiger partial charge in [0.25, 0.3) is 0 Å². The number of fused-ring (bicyclic) bond motifs is 1. The normalized spacial score (nSPS) is 26.2. The Hall–Kier alpha value is -2.16. The van der Waals surface area contributed by atoms with Gasteiger partial charge in [-0.1, -0.05) is 44.2 Å². The number of carbonyl (C=O) groups is 2. The SMILES string of the molecule is COCCNC(=O)N1CC[C@H]2CC(=O)N(Cc3ccccc3)C[C@H](O)C(C)(C)COCCC[C@H]2C1. The van der Waals surface area contributed by atoms with Gasteiger partial charge in [-0.25, -0.2) is 4.79 Å². The minimum atomic E-state index is -0.690. The summed E-state index contributed by atoms with van der Waals surface area (Å²) in [6.45, 7) is 8.02. The minimum absolute atomic E-state index is 0.0665. The van der Waals surface area contributed by atoms with E-state index in [-0.39, 0.29) is 30.3 Å². The molecule has 35 heavy (non-hydrogen) atoms.